The van der Waals surface area contributed by atoms with Gasteiger partial charge < -0.3 is 10.5 Å². The molecule has 5 heteroatoms. The van der Waals surface area contributed by atoms with E-state index in [9.17, 15) is 9.18 Å². The van der Waals surface area contributed by atoms with Crippen LogP contribution in [0.25, 0.3) is 0 Å². The predicted molar refractivity (Wildman–Crippen MR) is 73.7 cm³/mol. The smallest absolute Gasteiger partial charge is 0.217 e. The minimum Gasteiger partial charge on any atom is -0.376 e. The van der Waals surface area contributed by atoms with Gasteiger partial charge in [-0.3, -0.25) is 9.78 Å². The van der Waals surface area contributed by atoms with Crippen molar-refractivity contribution in [2.45, 2.75) is 51.0 Å². The number of ether oxygens (including phenoxy) is 1. The van der Waals surface area contributed by atoms with E-state index in [1.165, 1.54) is 6.07 Å². The summed E-state index contributed by atoms with van der Waals surface area (Å²) < 4.78 is 19.7. The first-order valence-corrected chi connectivity index (χ1v) is 6.94. The Balaban J connectivity index is 2.10. The molecule has 0 aromatic carbocycles. The highest BCUT2D eigenvalue weighted by atomic mass is 19.1. The molecule has 2 N–H and O–H groups in total. The van der Waals surface area contributed by atoms with E-state index in [0.717, 1.165) is 18.4 Å². The summed E-state index contributed by atoms with van der Waals surface area (Å²) in [6.07, 6.45) is 3.82. The highest BCUT2D eigenvalue weighted by molar-refractivity contribution is 5.73. The Morgan fingerprint density at radius 2 is 2.35 bits per heavy atom. The fourth-order valence-electron chi connectivity index (χ4n) is 2.65. The van der Waals surface area contributed by atoms with E-state index < -0.39 is 5.91 Å². The summed E-state index contributed by atoms with van der Waals surface area (Å²) in [6.45, 7) is 4.77. The molecule has 2 rings (SSSR count). The molecule has 4 nitrogen and oxygen atoms in total. The molecule has 1 aliphatic rings. The van der Waals surface area contributed by atoms with Gasteiger partial charge in [0.15, 0.2) is 0 Å². The van der Waals surface area contributed by atoms with E-state index in [-0.39, 0.29) is 30.2 Å². The summed E-state index contributed by atoms with van der Waals surface area (Å²) in [5, 5.41) is 0. The van der Waals surface area contributed by atoms with E-state index in [2.05, 4.69) is 4.98 Å². The SMILES string of the molecule is CC1(C)CC(c2cnc(CCC(N)=O)c(F)c2)CCO1. The van der Waals surface area contributed by atoms with Crippen LogP contribution in [0, 0.1) is 5.82 Å². The van der Waals surface area contributed by atoms with Crippen LogP contribution in [0.2, 0.25) is 0 Å². The lowest BCUT2D eigenvalue weighted by Crippen LogP contribution is -2.33. The first-order chi connectivity index (χ1) is 9.37. The molecular weight excluding hydrogens is 259 g/mol. The third kappa shape index (κ3) is 3.76. The zero-order valence-electron chi connectivity index (χ0n) is 12.0. The second-order valence-corrected chi connectivity index (χ2v) is 5.96. The number of carbonyl (C=O) groups excluding carboxylic acids is 1. The first-order valence-electron chi connectivity index (χ1n) is 6.94. The second-order valence-electron chi connectivity index (χ2n) is 5.96. The molecule has 1 saturated heterocycles. The van der Waals surface area contributed by atoms with Crippen molar-refractivity contribution in [2.75, 3.05) is 6.61 Å². The number of nitrogens with two attached hydrogens (primary N) is 1. The highest BCUT2D eigenvalue weighted by Gasteiger charge is 2.30. The molecule has 1 aromatic rings. The van der Waals surface area contributed by atoms with Gasteiger partial charge in [0.25, 0.3) is 0 Å². The fraction of sp³-hybridized carbons (Fsp3) is 0.600. The van der Waals surface area contributed by atoms with Gasteiger partial charge in [0.05, 0.1) is 11.3 Å². The van der Waals surface area contributed by atoms with Crippen molar-refractivity contribution >= 4 is 5.91 Å². The Hall–Kier alpha value is -1.49. The predicted octanol–water partition coefficient (Wildman–Crippen LogP) is 2.31. The molecule has 1 fully saturated rings. The summed E-state index contributed by atoms with van der Waals surface area (Å²) in [4.78, 5) is 14.9. The summed E-state index contributed by atoms with van der Waals surface area (Å²) in [5.41, 5.74) is 6.10. The van der Waals surface area contributed by atoms with Crippen molar-refractivity contribution in [3.63, 3.8) is 0 Å². The molecule has 1 unspecified atom stereocenters. The fourth-order valence-corrected chi connectivity index (χ4v) is 2.65. The van der Waals surface area contributed by atoms with Crippen molar-refractivity contribution < 1.29 is 13.9 Å². The number of rotatable bonds is 4. The molecular formula is C15H21FN2O2. The second kappa shape index (κ2) is 5.87. The normalized spacial score (nSPS) is 21.6. The van der Waals surface area contributed by atoms with Crippen LogP contribution >= 0.6 is 0 Å². The van der Waals surface area contributed by atoms with Gasteiger partial charge in [-0.2, -0.15) is 0 Å². The number of pyridine rings is 1. The lowest BCUT2D eigenvalue weighted by molar-refractivity contribution is -0.118. The molecule has 0 radical (unpaired) electrons. The number of hydrogen-bond acceptors (Lipinski definition) is 3. The van der Waals surface area contributed by atoms with Crippen molar-refractivity contribution in [1.29, 1.82) is 0 Å². The molecule has 20 heavy (non-hydrogen) atoms. The molecule has 1 atom stereocenters. The van der Waals surface area contributed by atoms with Crippen LogP contribution in [-0.2, 0) is 16.0 Å². The number of hydrogen-bond donors (Lipinski definition) is 1. The maximum atomic E-state index is 14.0. The number of aryl methyl sites for hydroxylation is 1. The summed E-state index contributed by atoms with van der Waals surface area (Å²) in [6, 6.07) is 1.54. The van der Waals surface area contributed by atoms with Crippen molar-refractivity contribution in [3.05, 3.63) is 29.3 Å². The molecule has 0 aliphatic carbocycles. The monoisotopic (exact) mass is 280 g/mol. The molecule has 110 valence electrons. The standard InChI is InChI=1S/C15H21FN2O2/c1-15(2)8-10(5-6-20-15)11-7-12(16)13(18-9-11)3-4-14(17)19/h7,9-10H,3-6,8H2,1-2H3,(H2,17,19). The summed E-state index contributed by atoms with van der Waals surface area (Å²) >= 11 is 0. The highest BCUT2D eigenvalue weighted by Crippen LogP contribution is 2.35. The number of carbonyl (C=O) groups is 1. The van der Waals surface area contributed by atoms with E-state index in [4.69, 9.17) is 10.5 Å². The van der Waals surface area contributed by atoms with Crippen molar-refractivity contribution in [3.8, 4) is 0 Å². The molecule has 0 bridgehead atoms. The summed E-state index contributed by atoms with van der Waals surface area (Å²) in [5.74, 6) is -0.527. The molecule has 1 amide bonds. The van der Waals surface area contributed by atoms with Crippen LogP contribution in [0.5, 0.6) is 0 Å². The number of primary amides is 1. The molecule has 1 aliphatic heterocycles. The van der Waals surface area contributed by atoms with E-state index >= 15 is 0 Å². The van der Waals surface area contributed by atoms with E-state index in [0.29, 0.717) is 12.3 Å². The zero-order valence-corrected chi connectivity index (χ0v) is 12.0. The third-order valence-electron chi connectivity index (χ3n) is 3.72. The Labute approximate surface area is 118 Å². The van der Waals surface area contributed by atoms with Gasteiger partial charge >= 0.3 is 0 Å². The van der Waals surface area contributed by atoms with Gasteiger partial charge in [-0.15, -0.1) is 0 Å². The lowest BCUT2D eigenvalue weighted by Gasteiger charge is -2.35. The number of aromatic nitrogens is 1. The Bertz CT molecular complexity index is 503. The Kier molecular flexibility index (Phi) is 4.38. The maximum absolute atomic E-state index is 14.0. The zero-order chi connectivity index (χ0) is 14.8. The number of amides is 1. The topological polar surface area (TPSA) is 65.2 Å². The summed E-state index contributed by atoms with van der Waals surface area (Å²) in [7, 11) is 0. The van der Waals surface area contributed by atoms with E-state index in [1.807, 2.05) is 13.8 Å². The van der Waals surface area contributed by atoms with Gasteiger partial charge in [0, 0.05) is 25.6 Å². The largest absolute Gasteiger partial charge is 0.376 e. The molecule has 0 saturated carbocycles. The molecule has 0 spiro atoms. The van der Waals surface area contributed by atoms with Crippen molar-refractivity contribution in [1.82, 2.24) is 4.98 Å². The molecule has 1 aromatic heterocycles. The minimum atomic E-state index is -0.443. The van der Waals surface area contributed by atoms with Gasteiger partial charge in [-0.1, -0.05) is 0 Å². The van der Waals surface area contributed by atoms with Crippen LogP contribution in [0.15, 0.2) is 12.3 Å². The van der Waals surface area contributed by atoms with Gasteiger partial charge in [-0.25, -0.2) is 4.39 Å². The number of halogens is 1. The third-order valence-corrected chi connectivity index (χ3v) is 3.72. The van der Waals surface area contributed by atoms with Crippen LogP contribution in [0.4, 0.5) is 4.39 Å². The molecule has 2 heterocycles. The van der Waals surface area contributed by atoms with Crippen LogP contribution in [0.1, 0.15) is 50.3 Å². The van der Waals surface area contributed by atoms with Crippen LogP contribution in [0.3, 0.4) is 0 Å². The maximum Gasteiger partial charge on any atom is 0.217 e. The lowest BCUT2D eigenvalue weighted by atomic mass is 9.84. The van der Waals surface area contributed by atoms with Crippen molar-refractivity contribution in [2.24, 2.45) is 5.73 Å². The number of nitrogens with zero attached hydrogens (tertiary/aromatic N) is 1. The average molecular weight is 280 g/mol. The quantitative estimate of drug-likeness (QED) is 0.920. The van der Waals surface area contributed by atoms with Gasteiger partial charge in [0.1, 0.15) is 5.82 Å². The van der Waals surface area contributed by atoms with E-state index in [1.54, 1.807) is 6.20 Å². The Morgan fingerprint density at radius 1 is 1.60 bits per heavy atom. The average Bonchev–Trinajstić information content (AvgIpc) is 2.36. The Morgan fingerprint density at radius 3 is 2.95 bits per heavy atom. The minimum absolute atomic E-state index is 0.119. The first kappa shape index (κ1) is 14.9. The van der Waals surface area contributed by atoms with Crippen LogP contribution < -0.4 is 5.73 Å². The van der Waals surface area contributed by atoms with Crippen LogP contribution in [-0.4, -0.2) is 23.1 Å². The van der Waals surface area contributed by atoms with Gasteiger partial charge in [-0.05, 0) is 44.2 Å². The van der Waals surface area contributed by atoms with Gasteiger partial charge in [0.2, 0.25) is 5.91 Å².